The third-order valence-electron chi connectivity index (χ3n) is 6.66. The van der Waals surface area contributed by atoms with Gasteiger partial charge in [0.15, 0.2) is 6.10 Å². The summed E-state index contributed by atoms with van der Waals surface area (Å²) in [4.78, 5) is 7.91. The molecule has 37 heavy (non-hydrogen) atoms. The summed E-state index contributed by atoms with van der Waals surface area (Å²) in [7, 11) is 0. The topological polar surface area (TPSA) is 118 Å². The van der Waals surface area contributed by atoms with Crippen LogP contribution >= 0.6 is 11.6 Å². The number of ether oxygens (including phenoxy) is 3. The molecule has 1 aromatic carbocycles. The van der Waals surface area contributed by atoms with Crippen LogP contribution in [0.2, 0.25) is 5.02 Å². The number of hydrogen-bond donors (Lipinski definition) is 2. The molecule has 3 atom stereocenters. The van der Waals surface area contributed by atoms with Crippen LogP contribution in [0.25, 0.3) is 33.4 Å². The van der Waals surface area contributed by atoms with E-state index in [0.29, 0.717) is 53.0 Å². The molecule has 0 saturated carbocycles. The van der Waals surface area contributed by atoms with Crippen molar-refractivity contribution >= 4 is 22.6 Å². The molecule has 0 aliphatic carbocycles. The van der Waals surface area contributed by atoms with Crippen LogP contribution in [-0.4, -0.2) is 62.0 Å². The molecular formula is C27H26ClN5O4. The van der Waals surface area contributed by atoms with Crippen molar-refractivity contribution in [3.63, 3.8) is 0 Å². The maximum absolute atomic E-state index is 10.0. The lowest BCUT2D eigenvalue weighted by Gasteiger charge is -2.16. The van der Waals surface area contributed by atoms with Crippen molar-refractivity contribution in [1.29, 1.82) is 5.26 Å². The number of aliphatic hydroxyl groups is 1. The molecule has 190 valence electrons. The minimum absolute atomic E-state index is 0.0397. The van der Waals surface area contributed by atoms with Crippen LogP contribution in [0.1, 0.15) is 25.8 Å². The van der Waals surface area contributed by atoms with Gasteiger partial charge in [-0.05, 0) is 31.9 Å². The smallest absolute Gasteiger partial charge is 0.212 e. The number of H-pyrrole nitrogens is 1. The average Bonchev–Trinajstić information content (AvgIpc) is 3.63. The Morgan fingerprint density at radius 2 is 2.03 bits per heavy atom. The number of nitrogens with zero attached hydrogens (tertiary/aromatic N) is 4. The first-order valence-corrected chi connectivity index (χ1v) is 12.5. The third kappa shape index (κ3) is 4.58. The van der Waals surface area contributed by atoms with Crippen LogP contribution in [0.15, 0.2) is 42.7 Å². The fraction of sp³-hybridized carbons (Fsp3) is 0.370. The Kier molecular flexibility index (Phi) is 5.92. The molecule has 0 spiro atoms. The molecule has 0 amide bonds. The zero-order chi connectivity index (χ0) is 25.7. The van der Waals surface area contributed by atoms with Crippen molar-refractivity contribution in [2.24, 2.45) is 0 Å². The Morgan fingerprint density at radius 1 is 1.24 bits per heavy atom. The van der Waals surface area contributed by atoms with E-state index in [9.17, 15) is 10.4 Å². The van der Waals surface area contributed by atoms with Gasteiger partial charge in [0.1, 0.15) is 23.3 Å². The summed E-state index contributed by atoms with van der Waals surface area (Å²) in [5, 5.41) is 24.8. The molecule has 2 saturated heterocycles. The summed E-state index contributed by atoms with van der Waals surface area (Å²) in [6.07, 6.45) is 4.14. The number of nitrogens with one attached hydrogen (secondary N) is 1. The van der Waals surface area contributed by atoms with Crippen molar-refractivity contribution in [2.45, 2.75) is 50.7 Å². The van der Waals surface area contributed by atoms with Gasteiger partial charge < -0.3 is 24.3 Å². The highest BCUT2D eigenvalue weighted by Gasteiger charge is 2.43. The summed E-state index contributed by atoms with van der Waals surface area (Å²) in [5.41, 5.74) is 3.90. The first-order valence-electron chi connectivity index (χ1n) is 12.2. The minimum Gasteiger partial charge on any atom is -0.469 e. The second kappa shape index (κ2) is 9.15. The van der Waals surface area contributed by atoms with E-state index >= 15 is 0 Å². The van der Waals surface area contributed by atoms with Crippen LogP contribution in [0.5, 0.6) is 5.88 Å². The third-order valence-corrected chi connectivity index (χ3v) is 6.95. The second-order valence-corrected chi connectivity index (χ2v) is 10.5. The maximum atomic E-state index is 10.0. The number of pyridine rings is 1. The normalized spacial score (nSPS) is 21.3. The fourth-order valence-corrected chi connectivity index (χ4v) is 5.22. The minimum atomic E-state index is -0.850. The summed E-state index contributed by atoms with van der Waals surface area (Å²) < 4.78 is 19.4. The van der Waals surface area contributed by atoms with Crippen molar-refractivity contribution in [2.75, 3.05) is 13.2 Å². The lowest BCUT2D eigenvalue weighted by Crippen LogP contribution is -2.32. The highest BCUT2D eigenvalue weighted by molar-refractivity contribution is 6.33. The summed E-state index contributed by atoms with van der Waals surface area (Å²) in [5.74, 6) is 0.349. The predicted octanol–water partition coefficient (Wildman–Crippen LogP) is 4.32. The van der Waals surface area contributed by atoms with Crippen LogP contribution < -0.4 is 4.74 Å². The van der Waals surface area contributed by atoms with Crippen LogP contribution in [0, 0.1) is 11.3 Å². The molecule has 9 nitrogen and oxygen atoms in total. The molecule has 10 heteroatoms. The highest BCUT2D eigenvalue weighted by Crippen LogP contribution is 2.36. The van der Waals surface area contributed by atoms with Gasteiger partial charge in [-0.1, -0.05) is 35.9 Å². The summed E-state index contributed by atoms with van der Waals surface area (Å²) in [6, 6.07) is 11.8. The fourth-order valence-electron chi connectivity index (χ4n) is 4.96. The zero-order valence-corrected chi connectivity index (χ0v) is 21.2. The van der Waals surface area contributed by atoms with E-state index in [1.165, 1.54) is 0 Å². The SMILES string of the molecule is CC(C)(O)Cn1cc(-c2ccc(-c3nc4c(C#N)c(O[C@@H]5CO[C@@H]6CCO[C@@H]65)[nH]c4cc3Cl)cc2)cn1. The molecule has 2 aliphatic rings. The highest BCUT2D eigenvalue weighted by atomic mass is 35.5. The van der Waals surface area contributed by atoms with Gasteiger partial charge in [-0.15, -0.1) is 0 Å². The number of aromatic nitrogens is 4. The standard InChI is InChI=1S/C27H26ClN5O4/c1-27(2,34)14-33-12-17(11-30-33)15-3-5-16(6-4-15)23-19(28)9-20-24(32-23)18(10-29)26(31-20)37-22-13-36-21-7-8-35-25(21)22/h3-6,9,11-12,21-22,25,31,34H,7-8,13-14H2,1-2H3/t21-,22-,25+/m1/s1. The molecule has 2 aliphatic heterocycles. The van der Waals surface area contributed by atoms with Gasteiger partial charge in [0.25, 0.3) is 0 Å². The van der Waals surface area contributed by atoms with Crippen LogP contribution in [0.4, 0.5) is 0 Å². The summed E-state index contributed by atoms with van der Waals surface area (Å²) >= 11 is 6.62. The number of rotatable bonds is 6. The molecule has 2 fully saturated rings. The van der Waals surface area contributed by atoms with Crippen molar-refractivity contribution in [3.05, 3.63) is 53.3 Å². The molecule has 3 aromatic heterocycles. The van der Waals surface area contributed by atoms with Crippen LogP contribution in [0.3, 0.4) is 0 Å². The summed E-state index contributed by atoms with van der Waals surface area (Å²) in [6.45, 7) is 4.96. The van der Waals surface area contributed by atoms with Gasteiger partial charge >= 0.3 is 0 Å². The molecule has 2 N–H and O–H groups in total. The van der Waals surface area contributed by atoms with Crippen molar-refractivity contribution in [3.8, 4) is 34.3 Å². The quantitative estimate of drug-likeness (QED) is 0.389. The number of hydrogen-bond acceptors (Lipinski definition) is 7. The molecule has 4 aromatic rings. The number of halogens is 1. The second-order valence-electron chi connectivity index (χ2n) is 10.1. The Morgan fingerprint density at radius 3 is 2.78 bits per heavy atom. The Hall–Kier alpha value is -3.42. The van der Waals surface area contributed by atoms with Gasteiger partial charge in [0.05, 0.1) is 47.3 Å². The van der Waals surface area contributed by atoms with E-state index in [1.807, 2.05) is 30.5 Å². The maximum Gasteiger partial charge on any atom is 0.212 e. The van der Waals surface area contributed by atoms with Crippen LogP contribution in [-0.2, 0) is 16.0 Å². The molecule has 5 heterocycles. The van der Waals surface area contributed by atoms with E-state index in [0.717, 1.165) is 23.1 Å². The van der Waals surface area contributed by atoms with E-state index in [-0.39, 0.29) is 18.3 Å². The Labute approximate surface area is 218 Å². The lowest BCUT2D eigenvalue weighted by molar-refractivity contribution is 0.0291. The van der Waals surface area contributed by atoms with Gasteiger partial charge in [0, 0.05) is 23.9 Å². The van der Waals surface area contributed by atoms with E-state index in [1.54, 1.807) is 30.8 Å². The first kappa shape index (κ1) is 23.9. The van der Waals surface area contributed by atoms with Crippen molar-refractivity contribution < 1.29 is 19.3 Å². The zero-order valence-electron chi connectivity index (χ0n) is 20.4. The predicted molar refractivity (Wildman–Crippen MR) is 137 cm³/mol. The van der Waals surface area contributed by atoms with E-state index in [2.05, 4.69) is 16.2 Å². The molecule has 0 bridgehead atoms. The lowest BCUT2D eigenvalue weighted by atomic mass is 10.0. The van der Waals surface area contributed by atoms with Gasteiger partial charge in [-0.2, -0.15) is 10.4 Å². The number of aromatic amines is 1. The van der Waals surface area contributed by atoms with Gasteiger partial charge in [-0.25, -0.2) is 4.98 Å². The Bertz CT molecular complexity index is 1500. The largest absolute Gasteiger partial charge is 0.469 e. The number of nitriles is 1. The molecular weight excluding hydrogens is 494 g/mol. The van der Waals surface area contributed by atoms with E-state index < -0.39 is 5.60 Å². The first-order chi connectivity index (χ1) is 17.8. The monoisotopic (exact) mass is 519 g/mol. The van der Waals surface area contributed by atoms with Gasteiger partial charge in [0.2, 0.25) is 5.88 Å². The number of benzene rings is 1. The molecule has 0 unspecified atom stereocenters. The van der Waals surface area contributed by atoms with E-state index in [4.69, 9.17) is 30.8 Å². The van der Waals surface area contributed by atoms with Crippen molar-refractivity contribution in [1.82, 2.24) is 19.7 Å². The molecule has 0 radical (unpaired) electrons. The molecule has 6 rings (SSSR count). The Balaban J connectivity index is 1.28. The number of fused-ring (bicyclic) bond motifs is 2. The van der Waals surface area contributed by atoms with Gasteiger partial charge in [-0.3, -0.25) is 4.68 Å². The average molecular weight is 520 g/mol.